The fourth-order valence-corrected chi connectivity index (χ4v) is 5.20. The molecule has 12 heteroatoms. The lowest BCUT2D eigenvalue weighted by molar-refractivity contribution is 0.0981. The lowest BCUT2D eigenvalue weighted by atomic mass is 9.90. The van der Waals surface area contributed by atoms with Gasteiger partial charge in [-0.1, -0.05) is 13.0 Å². The number of anilines is 2. The van der Waals surface area contributed by atoms with E-state index in [9.17, 15) is 13.2 Å². The highest BCUT2D eigenvalue weighted by Crippen LogP contribution is 2.39. The van der Waals surface area contributed by atoms with Crippen LogP contribution in [0.3, 0.4) is 0 Å². The SMILES string of the molecule is CCOc1cc(C)n(-c2ccc(C(=O)NS(=O)(=O)c3cccc(N)n3)c(N3CCC(C)C3(C)C)n2)n1. The third-order valence-electron chi connectivity index (χ3n) is 6.67. The zero-order valence-corrected chi connectivity index (χ0v) is 21.8. The van der Waals surface area contributed by atoms with Crippen molar-refractivity contribution in [2.75, 3.05) is 23.8 Å². The largest absolute Gasteiger partial charge is 0.477 e. The molecule has 0 aliphatic carbocycles. The first-order valence-electron chi connectivity index (χ1n) is 11.7. The third kappa shape index (κ3) is 4.72. The topological polar surface area (TPSA) is 145 Å². The van der Waals surface area contributed by atoms with E-state index in [2.05, 4.69) is 35.6 Å². The number of aromatic nitrogens is 4. The van der Waals surface area contributed by atoms with E-state index in [1.807, 2.05) is 18.7 Å². The summed E-state index contributed by atoms with van der Waals surface area (Å²) in [4.78, 5) is 24.0. The lowest BCUT2D eigenvalue weighted by Crippen LogP contribution is -2.44. The second-order valence-electron chi connectivity index (χ2n) is 9.34. The molecule has 0 bridgehead atoms. The van der Waals surface area contributed by atoms with Crippen LogP contribution in [0.5, 0.6) is 5.88 Å². The van der Waals surface area contributed by atoms with Crippen LogP contribution in [0.2, 0.25) is 0 Å². The lowest BCUT2D eigenvalue weighted by Gasteiger charge is -2.36. The van der Waals surface area contributed by atoms with Gasteiger partial charge in [0, 0.05) is 23.8 Å². The molecule has 0 spiro atoms. The van der Waals surface area contributed by atoms with E-state index < -0.39 is 15.9 Å². The molecule has 1 aliphatic heterocycles. The molecule has 36 heavy (non-hydrogen) atoms. The van der Waals surface area contributed by atoms with Crippen LogP contribution in [0.25, 0.3) is 5.82 Å². The number of ether oxygens (including phenoxy) is 1. The highest BCUT2D eigenvalue weighted by atomic mass is 32.2. The maximum absolute atomic E-state index is 13.3. The number of nitrogens with one attached hydrogen (secondary N) is 1. The summed E-state index contributed by atoms with van der Waals surface area (Å²) < 4.78 is 35.0. The standard InChI is InChI=1S/C24H31N7O4S/c1-6-35-20-14-16(3)31(28-20)19-11-10-17(22(27-19)30-13-12-15(2)24(30,4)5)23(32)29-36(33,34)21-9-7-8-18(25)26-21/h7-11,14-15H,6,12-13H2,1-5H3,(H2,25,26)(H,29,32). The number of nitrogens with zero attached hydrogens (tertiary/aromatic N) is 5. The maximum Gasteiger partial charge on any atom is 0.281 e. The molecule has 0 aromatic carbocycles. The van der Waals surface area contributed by atoms with E-state index in [0.29, 0.717) is 36.6 Å². The summed E-state index contributed by atoms with van der Waals surface area (Å²) in [6.45, 7) is 11.2. The Morgan fingerprint density at radius 2 is 2.00 bits per heavy atom. The second kappa shape index (κ2) is 9.41. The van der Waals surface area contributed by atoms with Gasteiger partial charge < -0.3 is 15.4 Å². The van der Waals surface area contributed by atoms with Crippen molar-refractivity contribution in [1.82, 2.24) is 24.5 Å². The van der Waals surface area contributed by atoms with Gasteiger partial charge in [-0.2, -0.15) is 8.42 Å². The molecule has 1 amide bonds. The van der Waals surface area contributed by atoms with Gasteiger partial charge in [-0.05, 0) is 64.3 Å². The van der Waals surface area contributed by atoms with Crippen molar-refractivity contribution >= 4 is 27.6 Å². The van der Waals surface area contributed by atoms with Crippen molar-refractivity contribution < 1.29 is 17.9 Å². The maximum atomic E-state index is 13.3. The van der Waals surface area contributed by atoms with Gasteiger partial charge in [0.15, 0.2) is 10.8 Å². The number of sulfonamides is 1. The number of amides is 1. The van der Waals surface area contributed by atoms with Crippen molar-refractivity contribution in [2.45, 2.75) is 51.6 Å². The smallest absolute Gasteiger partial charge is 0.281 e. The highest BCUT2D eigenvalue weighted by Gasteiger charge is 2.41. The number of pyridine rings is 2. The first kappa shape index (κ1) is 25.4. The van der Waals surface area contributed by atoms with E-state index in [1.54, 1.807) is 22.9 Å². The molecule has 0 radical (unpaired) electrons. The first-order valence-corrected chi connectivity index (χ1v) is 13.2. The van der Waals surface area contributed by atoms with E-state index >= 15 is 0 Å². The van der Waals surface area contributed by atoms with E-state index in [-0.39, 0.29) is 21.9 Å². The van der Waals surface area contributed by atoms with Crippen LogP contribution in [0.15, 0.2) is 41.4 Å². The fraction of sp³-hybridized carbons (Fsp3) is 0.417. The summed E-state index contributed by atoms with van der Waals surface area (Å²) in [5, 5.41) is 4.13. The quantitative estimate of drug-likeness (QED) is 0.487. The summed E-state index contributed by atoms with van der Waals surface area (Å²) in [6, 6.07) is 9.20. The molecule has 3 aromatic rings. The number of hydrogen-bond acceptors (Lipinski definition) is 9. The van der Waals surface area contributed by atoms with E-state index in [4.69, 9.17) is 15.5 Å². The van der Waals surface area contributed by atoms with Crippen LogP contribution in [0, 0.1) is 12.8 Å². The molecular formula is C24H31N7O4S. The Morgan fingerprint density at radius 3 is 2.64 bits per heavy atom. The van der Waals surface area contributed by atoms with Crippen molar-refractivity contribution in [2.24, 2.45) is 5.92 Å². The number of carbonyl (C=O) groups excluding carboxylic acids is 1. The third-order valence-corrected chi connectivity index (χ3v) is 7.90. The van der Waals surface area contributed by atoms with Crippen LogP contribution in [-0.2, 0) is 10.0 Å². The van der Waals surface area contributed by atoms with Crippen LogP contribution < -0.4 is 20.1 Å². The minimum absolute atomic E-state index is 0.0332. The molecule has 1 atom stereocenters. The first-order chi connectivity index (χ1) is 16.9. The Labute approximate surface area is 210 Å². The molecule has 1 saturated heterocycles. The number of nitrogens with two attached hydrogens (primary N) is 1. The average molecular weight is 514 g/mol. The summed E-state index contributed by atoms with van der Waals surface area (Å²) in [6.07, 6.45) is 0.904. The Hall–Kier alpha value is -3.67. The zero-order valence-electron chi connectivity index (χ0n) is 21.0. The molecule has 192 valence electrons. The zero-order chi connectivity index (χ0) is 26.3. The molecule has 3 aromatic heterocycles. The monoisotopic (exact) mass is 513 g/mol. The van der Waals surface area contributed by atoms with Gasteiger partial charge in [-0.15, -0.1) is 5.10 Å². The van der Waals surface area contributed by atoms with Gasteiger partial charge >= 0.3 is 0 Å². The Balaban J connectivity index is 1.77. The predicted octanol–water partition coefficient (Wildman–Crippen LogP) is 2.70. The van der Waals surface area contributed by atoms with Gasteiger partial charge in [0.25, 0.3) is 15.9 Å². The summed E-state index contributed by atoms with van der Waals surface area (Å²) >= 11 is 0. The van der Waals surface area contributed by atoms with Crippen LogP contribution in [0.4, 0.5) is 11.6 Å². The van der Waals surface area contributed by atoms with Gasteiger partial charge in [0.2, 0.25) is 5.88 Å². The Morgan fingerprint density at radius 1 is 1.25 bits per heavy atom. The normalized spacial score (nSPS) is 17.2. The van der Waals surface area contributed by atoms with E-state index in [0.717, 1.165) is 12.1 Å². The Kier molecular flexibility index (Phi) is 6.65. The van der Waals surface area contributed by atoms with Crippen LogP contribution in [-0.4, -0.2) is 52.8 Å². The second-order valence-corrected chi connectivity index (χ2v) is 11.0. The van der Waals surface area contributed by atoms with Crippen molar-refractivity contribution in [3.8, 4) is 11.7 Å². The summed E-state index contributed by atoms with van der Waals surface area (Å²) in [5.74, 6) is 0.886. The van der Waals surface area contributed by atoms with Crippen LogP contribution >= 0.6 is 0 Å². The Bertz CT molecular complexity index is 1400. The van der Waals surface area contributed by atoms with E-state index in [1.165, 1.54) is 18.2 Å². The number of carbonyl (C=O) groups is 1. The van der Waals surface area contributed by atoms with Gasteiger partial charge in [0.1, 0.15) is 11.6 Å². The summed E-state index contributed by atoms with van der Waals surface area (Å²) in [5.41, 5.74) is 6.25. The minimum atomic E-state index is -4.25. The molecule has 4 rings (SSSR count). The molecule has 11 nitrogen and oxygen atoms in total. The minimum Gasteiger partial charge on any atom is -0.477 e. The van der Waals surface area contributed by atoms with Crippen molar-refractivity contribution in [3.63, 3.8) is 0 Å². The van der Waals surface area contributed by atoms with Crippen LogP contribution in [0.1, 0.15) is 50.2 Å². The number of rotatable bonds is 7. The number of aryl methyl sites for hydroxylation is 1. The predicted molar refractivity (Wildman–Crippen MR) is 136 cm³/mol. The van der Waals surface area contributed by atoms with Crippen molar-refractivity contribution in [1.29, 1.82) is 0 Å². The highest BCUT2D eigenvalue weighted by molar-refractivity contribution is 7.90. The molecule has 4 heterocycles. The summed E-state index contributed by atoms with van der Waals surface area (Å²) in [7, 11) is -4.25. The average Bonchev–Trinajstić information content (AvgIpc) is 3.31. The number of nitrogen functional groups attached to an aromatic ring is 1. The molecule has 1 unspecified atom stereocenters. The molecule has 1 fully saturated rings. The molecule has 3 N–H and O–H groups in total. The molecule has 1 aliphatic rings. The van der Waals surface area contributed by atoms with Gasteiger partial charge in [0.05, 0.1) is 12.2 Å². The fourth-order valence-electron chi connectivity index (χ4n) is 4.25. The molecule has 0 saturated carbocycles. The number of hydrogen-bond donors (Lipinski definition) is 2. The van der Waals surface area contributed by atoms with Gasteiger partial charge in [-0.3, -0.25) is 4.79 Å². The van der Waals surface area contributed by atoms with Gasteiger partial charge in [-0.25, -0.2) is 19.4 Å². The van der Waals surface area contributed by atoms with Crippen molar-refractivity contribution in [3.05, 3.63) is 47.7 Å². The molecular weight excluding hydrogens is 482 g/mol.